The first-order chi connectivity index (χ1) is 27.4. The number of allylic oxidation sites excluding steroid dienone is 2. The Morgan fingerprint density at radius 2 is 1.34 bits per heavy atom. The fraction of sp³-hybridized carbons (Fsp3) is 0.286. The van der Waals surface area contributed by atoms with Gasteiger partial charge in [0.05, 0.1) is 59.9 Å². The van der Waals surface area contributed by atoms with Crippen molar-refractivity contribution in [1.29, 1.82) is 0 Å². The standard InChI is InChI=1S/C42H31ClF6N2O7/c1-57-31-13-20(14-32(58-2)35(31)52)34-27-11-12-28-33(38(55)50(36(28)53)26-16-22(41(44,45)46)15-23(17-26)42(47,48)49)29(27)19-30-37(54)51(25-10-6-9-24(43)18-25)39(56)40(30,34)21-7-4-3-5-8-21/h3-11,13-18,28-30,33-34,52H,12,19H2,1-2H3/t28-,29+,30-,33-,34-,40+/m0/s1. The first kappa shape index (κ1) is 39.0. The highest BCUT2D eigenvalue weighted by atomic mass is 35.5. The maximum absolute atomic E-state index is 15.4. The second-order valence-electron chi connectivity index (χ2n) is 14.6. The minimum absolute atomic E-state index is 0.0581. The highest BCUT2D eigenvalue weighted by molar-refractivity contribution is 6.32. The Kier molecular flexibility index (Phi) is 9.18. The van der Waals surface area contributed by atoms with Crippen molar-refractivity contribution in [2.75, 3.05) is 24.0 Å². The maximum Gasteiger partial charge on any atom is 0.416 e. The van der Waals surface area contributed by atoms with Crippen LogP contribution in [0.5, 0.6) is 17.2 Å². The lowest BCUT2D eigenvalue weighted by Crippen LogP contribution is -2.53. The molecule has 0 spiro atoms. The van der Waals surface area contributed by atoms with Gasteiger partial charge in [0, 0.05) is 10.9 Å². The maximum atomic E-state index is 15.4. The third-order valence-electron chi connectivity index (χ3n) is 11.8. The molecule has 2 heterocycles. The lowest BCUT2D eigenvalue weighted by molar-refractivity contribution is -0.143. The molecule has 0 radical (unpaired) electrons. The number of amides is 4. The van der Waals surface area contributed by atoms with Gasteiger partial charge >= 0.3 is 12.4 Å². The summed E-state index contributed by atoms with van der Waals surface area (Å²) >= 11 is 6.34. The number of carbonyl (C=O) groups excluding carboxylic acids is 4. The second kappa shape index (κ2) is 13.6. The number of ether oxygens (including phenoxy) is 2. The number of imide groups is 2. The van der Waals surface area contributed by atoms with E-state index in [1.807, 2.05) is 0 Å². The first-order valence-electron chi connectivity index (χ1n) is 17.9. The molecule has 1 saturated carbocycles. The van der Waals surface area contributed by atoms with Crippen LogP contribution in [0.3, 0.4) is 0 Å². The van der Waals surface area contributed by atoms with E-state index >= 15 is 4.79 Å². The van der Waals surface area contributed by atoms with Gasteiger partial charge in [-0.2, -0.15) is 26.3 Å². The Hall–Kier alpha value is -5.83. The van der Waals surface area contributed by atoms with Crippen LogP contribution >= 0.6 is 11.6 Å². The molecule has 300 valence electrons. The van der Waals surface area contributed by atoms with E-state index in [1.54, 1.807) is 48.5 Å². The van der Waals surface area contributed by atoms with Crippen LogP contribution in [0.2, 0.25) is 5.02 Å². The number of methoxy groups -OCH3 is 2. The van der Waals surface area contributed by atoms with Crippen molar-refractivity contribution in [3.05, 3.63) is 124 Å². The molecular weight excluding hydrogens is 794 g/mol. The number of benzene rings is 4. The molecule has 8 rings (SSSR count). The van der Waals surface area contributed by atoms with Crippen molar-refractivity contribution >= 4 is 46.6 Å². The minimum atomic E-state index is -5.25. The molecule has 16 heteroatoms. The van der Waals surface area contributed by atoms with Crippen molar-refractivity contribution in [3.63, 3.8) is 0 Å². The van der Waals surface area contributed by atoms with E-state index in [9.17, 15) is 45.8 Å². The third-order valence-corrected chi connectivity index (χ3v) is 12.1. The molecule has 6 atom stereocenters. The SMILES string of the molecule is COc1cc([C@H]2C3=CC[C@@H]4C(=O)N(c5cc(C(F)(F)F)cc(C(F)(F)F)c5)C(=O)[C@@H]4[C@@H]3C[C@H]3C(=O)N(c4cccc(Cl)c4)C(=O)[C@@]23c2ccccc2)cc(OC)c1O. The highest BCUT2D eigenvalue weighted by Gasteiger charge is 2.70. The average Bonchev–Trinajstić information content (AvgIpc) is 3.58. The number of nitrogens with zero attached hydrogens (tertiary/aromatic N) is 2. The van der Waals surface area contributed by atoms with E-state index in [4.69, 9.17) is 21.1 Å². The summed E-state index contributed by atoms with van der Waals surface area (Å²) in [5.74, 6) is -9.83. The molecule has 4 amide bonds. The Labute approximate surface area is 331 Å². The Balaban J connectivity index is 1.35. The zero-order chi connectivity index (χ0) is 41.6. The van der Waals surface area contributed by atoms with Crippen LogP contribution in [0, 0.1) is 23.7 Å². The average molecular weight is 825 g/mol. The highest BCUT2D eigenvalue weighted by Crippen LogP contribution is 2.65. The number of hydrogen-bond donors (Lipinski definition) is 1. The summed E-state index contributed by atoms with van der Waals surface area (Å²) in [6.45, 7) is 0. The van der Waals surface area contributed by atoms with Gasteiger partial charge in [-0.05, 0) is 78.4 Å². The van der Waals surface area contributed by atoms with E-state index in [-0.39, 0.29) is 46.9 Å². The summed E-state index contributed by atoms with van der Waals surface area (Å²) in [6, 6.07) is 18.1. The molecule has 58 heavy (non-hydrogen) atoms. The molecule has 2 saturated heterocycles. The fourth-order valence-corrected chi connectivity index (χ4v) is 9.71. The number of rotatable bonds is 6. The van der Waals surface area contributed by atoms with Crippen molar-refractivity contribution in [2.45, 2.75) is 36.5 Å². The largest absolute Gasteiger partial charge is 0.502 e. The number of fused-ring (bicyclic) bond motifs is 4. The van der Waals surface area contributed by atoms with E-state index in [1.165, 1.54) is 38.5 Å². The minimum Gasteiger partial charge on any atom is -0.502 e. The Morgan fingerprint density at radius 3 is 1.91 bits per heavy atom. The lowest BCUT2D eigenvalue weighted by Gasteiger charge is -2.50. The Bertz CT molecular complexity index is 2380. The summed E-state index contributed by atoms with van der Waals surface area (Å²) < 4.78 is 94.7. The summed E-state index contributed by atoms with van der Waals surface area (Å²) in [5.41, 5.74) is -4.75. The molecule has 4 aromatic carbocycles. The lowest BCUT2D eigenvalue weighted by atomic mass is 9.49. The molecule has 0 unspecified atom stereocenters. The smallest absolute Gasteiger partial charge is 0.416 e. The fourth-order valence-electron chi connectivity index (χ4n) is 9.52. The van der Waals surface area contributed by atoms with Gasteiger partial charge < -0.3 is 14.6 Å². The Morgan fingerprint density at radius 1 is 0.724 bits per heavy atom. The molecule has 1 N–H and O–H groups in total. The van der Waals surface area contributed by atoms with Gasteiger partial charge in [-0.25, -0.2) is 9.80 Å². The van der Waals surface area contributed by atoms with Crippen molar-refractivity contribution in [1.82, 2.24) is 0 Å². The predicted molar refractivity (Wildman–Crippen MR) is 196 cm³/mol. The summed E-state index contributed by atoms with van der Waals surface area (Å²) in [7, 11) is 2.59. The first-order valence-corrected chi connectivity index (χ1v) is 18.3. The topological polar surface area (TPSA) is 113 Å². The number of halogens is 7. The number of aromatic hydroxyl groups is 1. The van der Waals surface area contributed by atoms with Gasteiger partial charge in [-0.15, -0.1) is 0 Å². The van der Waals surface area contributed by atoms with Gasteiger partial charge in [0.15, 0.2) is 11.5 Å². The molecule has 2 aliphatic carbocycles. The van der Waals surface area contributed by atoms with E-state index in [0.29, 0.717) is 33.7 Å². The van der Waals surface area contributed by atoms with Gasteiger partial charge in [0.1, 0.15) is 0 Å². The van der Waals surface area contributed by atoms with Crippen molar-refractivity contribution in [3.8, 4) is 17.2 Å². The van der Waals surface area contributed by atoms with Gasteiger partial charge in [0.2, 0.25) is 29.4 Å². The quantitative estimate of drug-likeness (QED) is 0.118. The van der Waals surface area contributed by atoms with Gasteiger partial charge in [-0.3, -0.25) is 19.2 Å². The predicted octanol–water partition coefficient (Wildman–Crippen LogP) is 8.47. The molecule has 0 aromatic heterocycles. The summed E-state index contributed by atoms with van der Waals surface area (Å²) in [4.78, 5) is 60.5. The summed E-state index contributed by atoms with van der Waals surface area (Å²) in [5, 5.41) is 11.2. The molecule has 4 aliphatic rings. The molecule has 3 fully saturated rings. The van der Waals surface area contributed by atoms with E-state index in [0.717, 1.165) is 4.90 Å². The molecule has 4 aromatic rings. The molecule has 2 aliphatic heterocycles. The second-order valence-corrected chi connectivity index (χ2v) is 15.1. The van der Waals surface area contributed by atoms with E-state index < -0.39 is 87.8 Å². The van der Waals surface area contributed by atoms with E-state index in [2.05, 4.69) is 0 Å². The van der Waals surface area contributed by atoms with Crippen molar-refractivity contribution in [2.24, 2.45) is 23.7 Å². The van der Waals surface area contributed by atoms with Gasteiger partial charge in [0.25, 0.3) is 0 Å². The van der Waals surface area contributed by atoms with Gasteiger partial charge in [-0.1, -0.05) is 59.6 Å². The van der Waals surface area contributed by atoms with Crippen LogP contribution in [-0.2, 0) is 36.9 Å². The number of anilines is 2. The monoisotopic (exact) mass is 824 g/mol. The number of hydrogen-bond acceptors (Lipinski definition) is 7. The number of phenols is 1. The van der Waals surface area contributed by atoms with Crippen LogP contribution in [0.4, 0.5) is 37.7 Å². The van der Waals surface area contributed by atoms with Crippen LogP contribution in [0.1, 0.15) is 41.0 Å². The molecule has 0 bridgehead atoms. The molecule has 9 nitrogen and oxygen atoms in total. The summed E-state index contributed by atoms with van der Waals surface area (Å²) in [6.07, 6.45) is -9.24. The zero-order valence-corrected chi connectivity index (χ0v) is 31.2. The zero-order valence-electron chi connectivity index (χ0n) is 30.4. The third kappa shape index (κ3) is 5.76. The number of phenolic OH excluding ortho intramolecular Hbond substituents is 1. The normalized spacial score (nSPS) is 25.7. The number of carbonyl (C=O) groups is 4. The van der Waals surface area contributed by atoms with Crippen LogP contribution in [0.25, 0.3) is 0 Å². The number of alkyl halides is 6. The van der Waals surface area contributed by atoms with Crippen LogP contribution in [0.15, 0.2) is 96.6 Å². The molecular formula is C42H31ClF6N2O7. The van der Waals surface area contributed by atoms with Crippen LogP contribution in [-0.4, -0.2) is 43.0 Å². The van der Waals surface area contributed by atoms with Crippen LogP contribution < -0.4 is 19.3 Å². The van der Waals surface area contributed by atoms with Crippen molar-refractivity contribution < 1.29 is 60.1 Å².